The maximum absolute atomic E-state index is 13.0. The number of methoxy groups -OCH3 is 2. The van der Waals surface area contributed by atoms with Gasteiger partial charge in [-0.3, -0.25) is 14.9 Å². The third kappa shape index (κ3) is 4.19. The van der Waals surface area contributed by atoms with E-state index < -0.39 is 0 Å². The first-order chi connectivity index (χ1) is 14.7. The normalized spacial score (nSPS) is 16.2. The van der Waals surface area contributed by atoms with E-state index in [4.69, 9.17) is 14.2 Å². The van der Waals surface area contributed by atoms with Crippen molar-refractivity contribution in [2.75, 3.05) is 27.3 Å². The summed E-state index contributed by atoms with van der Waals surface area (Å²) < 4.78 is 16.6. The summed E-state index contributed by atoms with van der Waals surface area (Å²) in [4.78, 5) is 23.0. The summed E-state index contributed by atoms with van der Waals surface area (Å²) in [6, 6.07) is 7.18. The van der Waals surface area contributed by atoms with Crippen LogP contribution < -0.4 is 14.2 Å². The van der Waals surface area contributed by atoms with Crippen molar-refractivity contribution in [3.05, 3.63) is 48.5 Å². The SMILES string of the molecule is COc1ccc(OC)c(-c2cc(C(=O)N3CCCC(Oc4cnccn4)C3)[nH]n2)c1. The Hall–Kier alpha value is -3.62. The van der Waals surface area contributed by atoms with Gasteiger partial charge in [-0.25, -0.2) is 4.98 Å². The van der Waals surface area contributed by atoms with Crippen molar-refractivity contribution >= 4 is 5.91 Å². The molecule has 2 aromatic heterocycles. The quantitative estimate of drug-likeness (QED) is 0.667. The largest absolute Gasteiger partial charge is 0.497 e. The van der Waals surface area contributed by atoms with E-state index in [0.29, 0.717) is 41.9 Å². The number of hydrogen-bond donors (Lipinski definition) is 1. The number of aromatic amines is 1. The van der Waals surface area contributed by atoms with Gasteiger partial charge >= 0.3 is 0 Å². The Balaban J connectivity index is 1.49. The number of ether oxygens (including phenoxy) is 3. The molecule has 1 aliphatic rings. The molecule has 9 heteroatoms. The molecule has 1 aliphatic heterocycles. The number of aromatic nitrogens is 4. The van der Waals surface area contributed by atoms with Crippen LogP contribution in [-0.4, -0.2) is 64.4 Å². The lowest BCUT2D eigenvalue weighted by atomic mass is 10.1. The van der Waals surface area contributed by atoms with E-state index in [-0.39, 0.29) is 12.0 Å². The Bertz CT molecular complexity index is 1010. The van der Waals surface area contributed by atoms with Gasteiger partial charge in [0.25, 0.3) is 5.91 Å². The Morgan fingerprint density at radius 1 is 1.20 bits per heavy atom. The molecule has 1 aromatic carbocycles. The second-order valence-electron chi connectivity index (χ2n) is 6.91. The molecule has 1 N–H and O–H groups in total. The number of likely N-dealkylation sites (tertiary alicyclic amines) is 1. The Morgan fingerprint density at radius 2 is 2.10 bits per heavy atom. The van der Waals surface area contributed by atoms with Gasteiger partial charge in [-0.1, -0.05) is 0 Å². The lowest BCUT2D eigenvalue weighted by Gasteiger charge is -2.32. The molecular formula is C21H23N5O4. The van der Waals surface area contributed by atoms with Gasteiger partial charge in [0, 0.05) is 24.5 Å². The van der Waals surface area contributed by atoms with Gasteiger partial charge < -0.3 is 19.1 Å². The van der Waals surface area contributed by atoms with Crippen LogP contribution in [0.4, 0.5) is 0 Å². The van der Waals surface area contributed by atoms with Crippen molar-refractivity contribution in [1.29, 1.82) is 0 Å². The molecule has 1 saturated heterocycles. The summed E-state index contributed by atoms with van der Waals surface area (Å²) in [5, 5.41) is 7.17. The highest BCUT2D eigenvalue weighted by Gasteiger charge is 2.27. The summed E-state index contributed by atoms with van der Waals surface area (Å²) >= 11 is 0. The van der Waals surface area contributed by atoms with Crippen molar-refractivity contribution in [1.82, 2.24) is 25.1 Å². The second-order valence-corrected chi connectivity index (χ2v) is 6.91. The zero-order valence-electron chi connectivity index (χ0n) is 16.9. The summed E-state index contributed by atoms with van der Waals surface area (Å²) in [6.45, 7) is 1.14. The molecule has 1 fully saturated rings. The molecule has 4 rings (SSSR count). The fourth-order valence-corrected chi connectivity index (χ4v) is 3.49. The van der Waals surface area contributed by atoms with Crippen LogP contribution in [0.25, 0.3) is 11.3 Å². The lowest BCUT2D eigenvalue weighted by Crippen LogP contribution is -2.44. The predicted molar refractivity (Wildman–Crippen MR) is 109 cm³/mol. The number of amides is 1. The van der Waals surface area contributed by atoms with E-state index in [2.05, 4.69) is 20.2 Å². The zero-order chi connectivity index (χ0) is 20.9. The predicted octanol–water partition coefficient (Wildman–Crippen LogP) is 2.57. The Labute approximate surface area is 174 Å². The minimum atomic E-state index is -0.125. The van der Waals surface area contributed by atoms with Gasteiger partial charge in [0.1, 0.15) is 23.3 Å². The zero-order valence-corrected chi connectivity index (χ0v) is 16.9. The maximum atomic E-state index is 13.0. The molecule has 0 radical (unpaired) electrons. The molecular weight excluding hydrogens is 386 g/mol. The van der Waals surface area contributed by atoms with E-state index in [0.717, 1.165) is 18.4 Å². The van der Waals surface area contributed by atoms with Crippen LogP contribution in [0.5, 0.6) is 17.4 Å². The fraction of sp³-hybridized carbons (Fsp3) is 0.333. The number of piperidine rings is 1. The maximum Gasteiger partial charge on any atom is 0.272 e. The molecule has 0 saturated carbocycles. The number of hydrogen-bond acceptors (Lipinski definition) is 7. The molecule has 156 valence electrons. The molecule has 3 aromatic rings. The monoisotopic (exact) mass is 409 g/mol. The lowest BCUT2D eigenvalue weighted by molar-refractivity contribution is 0.0521. The van der Waals surface area contributed by atoms with E-state index in [1.807, 2.05) is 18.2 Å². The van der Waals surface area contributed by atoms with E-state index >= 15 is 0 Å². The molecule has 3 heterocycles. The van der Waals surface area contributed by atoms with E-state index in [9.17, 15) is 4.79 Å². The smallest absolute Gasteiger partial charge is 0.272 e. The Morgan fingerprint density at radius 3 is 2.87 bits per heavy atom. The van der Waals surface area contributed by atoms with Gasteiger partial charge in [-0.05, 0) is 37.1 Å². The first kappa shape index (κ1) is 19.7. The minimum Gasteiger partial charge on any atom is -0.497 e. The molecule has 1 amide bonds. The van der Waals surface area contributed by atoms with Gasteiger partial charge in [0.2, 0.25) is 5.88 Å². The average molecular weight is 409 g/mol. The summed E-state index contributed by atoms with van der Waals surface area (Å²) in [5.74, 6) is 1.67. The fourth-order valence-electron chi connectivity index (χ4n) is 3.49. The molecule has 30 heavy (non-hydrogen) atoms. The number of nitrogens with zero attached hydrogens (tertiary/aromatic N) is 4. The number of carbonyl (C=O) groups excluding carboxylic acids is 1. The third-order valence-electron chi connectivity index (χ3n) is 4.98. The first-order valence-electron chi connectivity index (χ1n) is 9.67. The van der Waals surface area contributed by atoms with E-state index in [1.54, 1.807) is 43.8 Å². The number of rotatable bonds is 6. The summed E-state index contributed by atoms with van der Waals surface area (Å²) in [7, 11) is 3.19. The highest BCUT2D eigenvalue weighted by atomic mass is 16.5. The average Bonchev–Trinajstić information content (AvgIpc) is 3.29. The standard InChI is InChI=1S/C21H23N5O4/c1-28-14-5-6-19(29-2)16(10-14)17-11-18(25-24-17)21(27)26-9-3-4-15(13-26)30-20-12-22-7-8-23-20/h5-8,10-12,15H,3-4,9,13H2,1-2H3,(H,24,25). The van der Waals surface area contributed by atoms with Crippen LogP contribution in [-0.2, 0) is 0 Å². The molecule has 9 nitrogen and oxygen atoms in total. The summed E-state index contributed by atoms with van der Waals surface area (Å²) in [6.07, 6.45) is 6.33. The van der Waals surface area contributed by atoms with Crippen molar-refractivity contribution in [2.24, 2.45) is 0 Å². The van der Waals surface area contributed by atoms with Crippen LogP contribution in [0.1, 0.15) is 23.3 Å². The first-order valence-corrected chi connectivity index (χ1v) is 9.67. The van der Waals surface area contributed by atoms with Gasteiger partial charge in [0.05, 0.1) is 32.7 Å². The second kappa shape index (κ2) is 8.81. The number of carbonyl (C=O) groups is 1. The van der Waals surface area contributed by atoms with Gasteiger partial charge in [-0.2, -0.15) is 5.10 Å². The van der Waals surface area contributed by atoms with Crippen LogP contribution in [0.2, 0.25) is 0 Å². The van der Waals surface area contributed by atoms with Crippen LogP contribution in [0.15, 0.2) is 42.9 Å². The van der Waals surface area contributed by atoms with Gasteiger partial charge in [-0.15, -0.1) is 0 Å². The minimum absolute atomic E-state index is 0.122. The van der Waals surface area contributed by atoms with Gasteiger partial charge in [0.15, 0.2) is 0 Å². The molecule has 0 bridgehead atoms. The molecule has 1 unspecified atom stereocenters. The highest BCUT2D eigenvalue weighted by molar-refractivity contribution is 5.93. The van der Waals surface area contributed by atoms with Crippen molar-refractivity contribution in [3.63, 3.8) is 0 Å². The summed E-state index contributed by atoms with van der Waals surface area (Å²) in [5.41, 5.74) is 1.77. The number of nitrogens with one attached hydrogen (secondary N) is 1. The molecule has 0 aliphatic carbocycles. The Kier molecular flexibility index (Phi) is 5.78. The van der Waals surface area contributed by atoms with Crippen molar-refractivity contribution in [2.45, 2.75) is 18.9 Å². The van der Waals surface area contributed by atoms with Crippen LogP contribution in [0.3, 0.4) is 0 Å². The third-order valence-corrected chi connectivity index (χ3v) is 4.98. The van der Waals surface area contributed by atoms with Crippen molar-refractivity contribution in [3.8, 4) is 28.6 Å². The number of H-pyrrole nitrogens is 1. The van der Waals surface area contributed by atoms with Crippen LogP contribution >= 0.6 is 0 Å². The molecule has 1 atom stereocenters. The van der Waals surface area contributed by atoms with E-state index in [1.165, 1.54) is 0 Å². The number of benzene rings is 1. The van der Waals surface area contributed by atoms with Crippen LogP contribution in [0, 0.1) is 0 Å². The topological polar surface area (TPSA) is 102 Å². The molecule has 0 spiro atoms. The van der Waals surface area contributed by atoms with Crippen molar-refractivity contribution < 1.29 is 19.0 Å². The highest BCUT2D eigenvalue weighted by Crippen LogP contribution is 2.32.